The number of carbonyl (C=O) groups excluding carboxylic acids is 1. The highest BCUT2D eigenvalue weighted by atomic mass is 127. The fraction of sp³-hybridized carbons (Fsp3) is 0.533. The summed E-state index contributed by atoms with van der Waals surface area (Å²) in [5, 5.41) is -3.84. The van der Waals surface area contributed by atoms with Crippen LogP contribution in [0.2, 0.25) is 0 Å². The van der Waals surface area contributed by atoms with E-state index >= 15 is 0 Å². The Labute approximate surface area is 148 Å². The smallest absolute Gasteiger partial charge is 0.351 e. The number of hydrogen-bond acceptors (Lipinski definition) is 4. The van der Waals surface area contributed by atoms with Crippen LogP contribution in [0.25, 0.3) is 0 Å². The molecule has 130 valence electrons. The molecule has 1 unspecified atom stereocenters. The molecule has 0 aliphatic carbocycles. The van der Waals surface area contributed by atoms with Gasteiger partial charge in [0.2, 0.25) is 9.84 Å². The first-order valence-corrected chi connectivity index (χ1v) is 9.90. The molecular weight excluding hydrogens is 441 g/mol. The maximum absolute atomic E-state index is 14.2. The fourth-order valence-corrected chi connectivity index (χ4v) is 4.52. The summed E-state index contributed by atoms with van der Waals surface area (Å²) in [5.41, 5.74) is 0. The van der Waals surface area contributed by atoms with Gasteiger partial charge >= 0.3 is 11.2 Å². The van der Waals surface area contributed by atoms with Gasteiger partial charge in [0.15, 0.2) is 0 Å². The molecule has 0 heterocycles. The molecule has 23 heavy (non-hydrogen) atoms. The summed E-state index contributed by atoms with van der Waals surface area (Å²) in [6.45, 7) is 1.97. The second-order valence-electron chi connectivity index (χ2n) is 4.95. The molecule has 0 saturated carbocycles. The van der Waals surface area contributed by atoms with Crippen molar-refractivity contribution in [3.05, 3.63) is 30.3 Å². The molecular formula is C15H19F2IO4S. The minimum absolute atomic E-state index is 0.143. The third kappa shape index (κ3) is 5.98. The first-order valence-electron chi connectivity index (χ1n) is 7.18. The third-order valence-electron chi connectivity index (χ3n) is 3.11. The Kier molecular flexibility index (Phi) is 7.85. The van der Waals surface area contributed by atoms with E-state index in [-0.39, 0.29) is 23.9 Å². The number of halogens is 3. The Balaban J connectivity index is 2.62. The van der Waals surface area contributed by atoms with Gasteiger partial charge in [-0.2, -0.15) is 8.78 Å². The predicted octanol–water partition coefficient (Wildman–Crippen LogP) is 3.98. The summed E-state index contributed by atoms with van der Waals surface area (Å²) in [4.78, 5) is 10.8. The summed E-state index contributed by atoms with van der Waals surface area (Å²) < 4.78 is 56.6. The van der Waals surface area contributed by atoms with E-state index in [9.17, 15) is 22.0 Å². The molecule has 8 heteroatoms. The molecule has 0 N–H and O–H groups in total. The molecule has 0 amide bonds. The van der Waals surface area contributed by atoms with E-state index in [0.717, 1.165) is 12.1 Å². The molecule has 0 radical (unpaired) electrons. The van der Waals surface area contributed by atoms with E-state index in [4.69, 9.17) is 4.74 Å². The van der Waals surface area contributed by atoms with Crippen LogP contribution in [-0.2, 0) is 19.4 Å². The highest BCUT2D eigenvalue weighted by Crippen LogP contribution is 2.36. The Morgan fingerprint density at radius 2 is 1.91 bits per heavy atom. The summed E-state index contributed by atoms with van der Waals surface area (Å²) in [5.74, 6) is -0.375. The van der Waals surface area contributed by atoms with Crippen molar-refractivity contribution >= 4 is 38.4 Å². The van der Waals surface area contributed by atoms with Crippen molar-refractivity contribution < 1.29 is 26.7 Å². The number of esters is 1. The van der Waals surface area contributed by atoms with Crippen LogP contribution < -0.4 is 0 Å². The molecule has 0 spiro atoms. The number of carbonyl (C=O) groups is 1. The molecule has 1 atom stereocenters. The second-order valence-corrected chi connectivity index (χ2v) is 8.79. The lowest BCUT2D eigenvalue weighted by atomic mass is 10.1. The van der Waals surface area contributed by atoms with Crippen LogP contribution in [-0.4, -0.2) is 30.2 Å². The maximum atomic E-state index is 14.2. The molecule has 1 aromatic rings. The molecule has 0 aromatic heterocycles. The van der Waals surface area contributed by atoms with Crippen molar-refractivity contribution in [2.45, 2.75) is 46.7 Å². The molecule has 0 aliphatic heterocycles. The lowest BCUT2D eigenvalue weighted by Crippen LogP contribution is -2.31. The minimum atomic E-state index is -4.71. The van der Waals surface area contributed by atoms with Gasteiger partial charge in [-0.05, 0) is 31.9 Å². The van der Waals surface area contributed by atoms with E-state index in [1.807, 2.05) is 0 Å². The van der Waals surface area contributed by atoms with Crippen molar-refractivity contribution in [2.75, 3.05) is 6.61 Å². The van der Waals surface area contributed by atoms with E-state index in [1.54, 1.807) is 35.6 Å². The van der Waals surface area contributed by atoms with Gasteiger partial charge in [-0.1, -0.05) is 40.8 Å². The average Bonchev–Trinajstić information content (AvgIpc) is 2.47. The van der Waals surface area contributed by atoms with Gasteiger partial charge < -0.3 is 4.74 Å². The Hall–Kier alpha value is -0.770. The molecule has 0 fully saturated rings. The third-order valence-corrected chi connectivity index (χ3v) is 6.02. The summed E-state index contributed by atoms with van der Waals surface area (Å²) in [7, 11) is -4.71. The quantitative estimate of drug-likeness (QED) is 0.318. The molecule has 1 aromatic carbocycles. The monoisotopic (exact) mass is 460 g/mol. The standard InChI is InChI=1S/C15H19F2IO4S/c1-2-22-14(19)10-6-7-12(18)11-15(16,17)23(20,21)13-8-4-3-5-9-13/h3-5,8-9,12H,2,6-7,10-11H2,1H3. The van der Waals surface area contributed by atoms with Crippen LogP contribution in [0.5, 0.6) is 0 Å². The Morgan fingerprint density at radius 3 is 2.48 bits per heavy atom. The zero-order valence-corrected chi connectivity index (χ0v) is 15.6. The van der Waals surface area contributed by atoms with Gasteiger partial charge in [-0.25, -0.2) is 8.42 Å². The molecule has 0 saturated heterocycles. The molecule has 1 rings (SSSR count). The number of benzene rings is 1. The largest absolute Gasteiger partial charge is 0.466 e. The lowest BCUT2D eigenvalue weighted by Gasteiger charge is -2.20. The molecule has 0 bridgehead atoms. The SMILES string of the molecule is CCOC(=O)CCCC(I)CC(F)(F)S(=O)(=O)c1ccccc1. The first-order chi connectivity index (χ1) is 10.7. The van der Waals surface area contributed by atoms with Crippen LogP contribution in [0, 0.1) is 0 Å². The zero-order chi connectivity index (χ0) is 17.5. The molecule has 4 nitrogen and oxygen atoms in total. The number of hydrogen-bond donors (Lipinski definition) is 0. The lowest BCUT2D eigenvalue weighted by molar-refractivity contribution is -0.143. The first kappa shape index (κ1) is 20.3. The summed E-state index contributed by atoms with van der Waals surface area (Å²) >= 11 is 1.80. The van der Waals surface area contributed by atoms with Crippen molar-refractivity contribution in [1.82, 2.24) is 0 Å². The number of sulfone groups is 1. The van der Waals surface area contributed by atoms with Crippen molar-refractivity contribution in [1.29, 1.82) is 0 Å². The van der Waals surface area contributed by atoms with Gasteiger partial charge in [0.25, 0.3) is 0 Å². The number of rotatable bonds is 9. The average molecular weight is 460 g/mol. The Bertz CT molecular complexity index is 605. The van der Waals surface area contributed by atoms with E-state index in [0.29, 0.717) is 12.8 Å². The minimum Gasteiger partial charge on any atom is -0.466 e. The maximum Gasteiger partial charge on any atom is 0.351 e. The number of ether oxygens (including phenoxy) is 1. The van der Waals surface area contributed by atoms with Gasteiger partial charge in [-0.15, -0.1) is 0 Å². The highest BCUT2D eigenvalue weighted by molar-refractivity contribution is 14.1. The fourth-order valence-electron chi connectivity index (χ4n) is 1.94. The van der Waals surface area contributed by atoms with Crippen LogP contribution in [0.1, 0.15) is 32.6 Å². The van der Waals surface area contributed by atoms with Crippen LogP contribution in [0.4, 0.5) is 8.78 Å². The van der Waals surface area contributed by atoms with Gasteiger partial charge in [0.05, 0.1) is 11.5 Å². The van der Waals surface area contributed by atoms with Crippen LogP contribution in [0.15, 0.2) is 35.2 Å². The highest BCUT2D eigenvalue weighted by Gasteiger charge is 2.46. The zero-order valence-electron chi connectivity index (χ0n) is 12.7. The number of alkyl halides is 3. The van der Waals surface area contributed by atoms with Crippen molar-refractivity contribution in [3.63, 3.8) is 0 Å². The van der Waals surface area contributed by atoms with Crippen molar-refractivity contribution in [2.24, 2.45) is 0 Å². The van der Waals surface area contributed by atoms with E-state index in [2.05, 4.69) is 0 Å². The van der Waals surface area contributed by atoms with E-state index in [1.165, 1.54) is 12.1 Å². The van der Waals surface area contributed by atoms with Crippen LogP contribution >= 0.6 is 22.6 Å². The molecule has 0 aliphatic rings. The predicted molar refractivity (Wildman–Crippen MR) is 91.5 cm³/mol. The van der Waals surface area contributed by atoms with Crippen LogP contribution in [0.3, 0.4) is 0 Å². The van der Waals surface area contributed by atoms with Crippen molar-refractivity contribution in [3.8, 4) is 0 Å². The summed E-state index contributed by atoms with van der Waals surface area (Å²) in [6, 6.07) is 6.69. The topological polar surface area (TPSA) is 60.4 Å². The Morgan fingerprint density at radius 1 is 1.30 bits per heavy atom. The van der Waals surface area contributed by atoms with Gasteiger partial charge in [0, 0.05) is 16.8 Å². The normalized spacial score (nSPS) is 13.6. The second kappa shape index (κ2) is 8.91. The van der Waals surface area contributed by atoms with Gasteiger partial charge in [-0.3, -0.25) is 4.79 Å². The summed E-state index contributed by atoms with van der Waals surface area (Å²) in [6.07, 6.45) is 0.0607. The van der Waals surface area contributed by atoms with Gasteiger partial charge in [0.1, 0.15) is 0 Å². The van der Waals surface area contributed by atoms with E-state index < -0.39 is 25.4 Å².